The van der Waals surface area contributed by atoms with Crippen LogP contribution in [0.2, 0.25) is 0 Å². The molecular weight excluding hydrogens is 442 g/mol. The van der Waals surface area contributed by atoms with Gasteiger partial charge in [0.2, 0.25) is 0 Å². The molecule has 0 spiro atoms. The van der Waals surface area contributed by atoms with Crippen LogP contribution in [0.3, 0.4) is 0 Å². The predicted octanol–water partition coefficient (Wildman–Crippen LogP) is 1.70. The summed E-state index contributed by atoms with van der Waals surface area (Å²) in [7, 11) is 3.18. The van der Waals surface area contributed by atoms with Crippen molar-refractivity contribution in [3.05, 3.63) is 86.6 Å². The lowest BCUT2D eigenvalue weighted by Crippen LogP contribution is -2.40. The summed E-state index contributed by atoms with van der Waals surface area (Å²) in [6.07, 6.45) is 0. The first kappa shape index (κ1) is 24.0. The van der Waals surface area contributed by atoms with Gasteiger partial charge in [-0.15, -0.1) is 11.8 Å². The highest BCUT2D eigenvalue weighted by atomic mass is 32.2. The molecule has 2 aromatic carbocycles. The van der Waals surface area contributed by atoms with Crippen molar-refractivity contribution in [1.29, 1.82) is 5.41 Å². The summed E-state index contributed by atoms with van der Waals surface area (Å²) in [5.41, 5.74) is 6.28. The predicted molar refractivity (Wildman–Crippen MR) is 130 cm³/mol. The normalized spacial score (nSPS) is 10.6. The lowest BCUT2D eigenvalue weighted by atomic mass is 10.2. The van der Waals surface area contributed by atoms with E-state index in [0.717, 1.165) is 16.9 Å². The van der Waals surface area contributed by atoms with Gasteiger partial charge in [0.25, 0.3) is 5.56 Å². The number of thioether (sulfide) groups is 1. The molecule has 0 saturated heterocycles. The maximum Gasteiger partial charge on any atom is 0.332 e. The molecule has 1 heterocycles. The van der Waals surface area contributed by atoms with Gasteiger partial charge in [-0.3, -0.25) is 19.3 Å². The fourth-order valence-corrected chi connectivity index (χ4v) is 4.07. The van der Waals surface area contributed by atoms with Crippen LogP contribution >= 0.6 is 11.8 Å². The third kappa shape index (κ3) is 6.42. The monoisotopic (exact) mass is 469 g/mol. The van der Waals surface area contributed by atoms with E-state index in [-0.39, 0.29) is 18.1 Å². The Kier molecular flexibility index (Phi) is 8.20. The molecule has 0 fully saturated rings. The standard InChI is InChI=1S/C23H27N5O4S/c1-31-18-7-3-16(4-8-18)14-27-20(29)13-21(33-12-11-26-22(24)25)28(23(27)30)15-17-5-9-19(32-2)10-6-17/h3-10,13H,11-12,14-15H2,1-2H3,(H4,24,25,26). The summed E-state index contributed by atoms with van der Waals surface area (Å²) < 4.78 is 13.2. The Morgan fingerprint density at radius 1 is 0.939 bits per heavy atom. The number of nitrogens with zero attached hydrogens (tertiary/aromatic N) is 2. The zero-order valence-electron chi connectivity index (χ0n) is 18.5. The number of aromatic nitrogens is 2. The van der Waals surface area contributed by atoms with Gasteiger partial charge in [-0.05, 0) is 35.4 Å². The lowest BCUT2D eigenvalue weighted by molar-refractivity contribution is 0.414. The molecule has 4 N–H and O–H groups in total. The Hall–Kier alpha value is -3.66. The second kappa shape index (κ2) is 11.3. The van der Waals surface area contributed by atoms with Crippen LogP contribution in [0.5, 0.6) is 11.5 Å². The highest BCUT2D eigenvalue weighted by molar-refractivity contribution is 7.99. The molecule has 0 aliphatic carbocycles. The van der Waals surface area contributed by atoms with E-state index in [1.54, 1.807) is 30.9 Å². The Balaban J connectivity index is 1.94. The Bertz CT molecular complexity index is 1200. The van der Waals surface area contributed by atoms with Crippen molar-refractivity contribution in [2.45, 2.75) is 18.1 Å². The summed E-state index contributed by atoms with van der Waals surface area (Å²) in [5.74, 6) is 1.83. The number of ether oxygens (including phenoxy) is 2. The van der Waals surface area contributed by atoms with Crippen molar-refractivity contribution in [1.82, 2.24) is 14.5 Å². The van der Waals surface area contributed by atoms with Gasteiger partial charge < -0.3 is 20.5 Å². The van der Waals surface area contributed by atoms with E-state index in [1.807, 2.05) is 36.4 Å². The minimum Gasteiger partial charge on any atom is -0.497 e. The number of methoxy groups -OCH3 is 2. The van der Waals surface area contributed by atoms with Crippen LogP contribution in [0.4, 0.5) is 0 Å². The zero-order valence-corrected chi connectivity index (χ0v) is 19.4. The summed E-state index contributed by atoms with van der Waals surface area (Å²) in [6, 6.07) is 16.2. The number of hydrogen-bond donors (Lipinski definition) is 3. The summed E-state index contributed by atoms with van der Waals surface area (Å²) in [5, 5.41) is 10.5. The lowest BCUT2D eigenvalue weighted by Gasteiger charge is -2.16. The fourth-order valence-electron chi connectivity index (χ4n) is 3.17. The van der Waals surface area contributed by atoms with Gasteiger partial charge >= 0.3 is 5.69 Å². The van der Waals surface area contributed by atoms with Gasteiger partial charge in [0.1, 0.15) is 11.5 Å². The van der Waals surface area contributed by atoms with Crippen molar-refractivity contribution in [2.24, 2.45) is 5.73 Å². The highest BCUT2D eigenvalue weighted by Crippen LogP contribution is 2.18. The maximum atomic E-state index is 13.4. The smallest absolute Gasteiger partial charge is 0.332 e. The van der Waals surface area contributed by atoms with Crippen LogP contribution in [0.25, 0.3) is 0 Å². The molecule has 9 nitrogen and oxygen atoms in total. The molecule has 174 valence electrons. The van der Waals surface area contributed by atoms with Crippen molar-refractivity contribution in [3.8, 4) is 11.5 Å². The summed E-state index contributed by atoms with van der Waals surface area (Å²) in [6.45, 7) is 0.890. The minimum atomic E-state index is -0.392. The van der Waals surface area contributed by atoms with Gasteiger partial charge in [0.15, 0.2) is 5.96 Å². The molecule has 0 aliphatic rings. The number of rotatable bonds is 10. The summed E-state index contributed by atoms with van der Waals surface area (Å²) >= 11 is 1.36. The fraction of sp³-hybridized carbons (Fsp3) is 0.261. The summed E-state index contributed by atoms with van der Waals surface area (Å²) in [4.78, 5) is 26.2. The molecule has 0 aliphatic heterocycles. The van der Waals surface area contributed by atoms with Crippen molar-refractivity contribution in [3.63, 3.8) is 0 Å². The Labute approximate surface area is 195 Å². The van der Waals surface area contributed by atoms with Crippen LogP contribution in [-0.2, 0) is 13.1 Å². The van der Waals surface area contributed by atoms with E-state index in [9.17, 15) is 9.59 Å². The third-order valence-corrected chi connectivity index (χ3v) is 5.95. The van der Waals surface area contributed by atoms with Crippen molar-refractivity contribution in [2.75, 3.05) is 26.5 Å². The van der Waals surface area contributed by atoms with Gasteiger partial charge in [-0.25, -0.2) is 4.79 Å². The van der Waals surface area contributed by atoms with E-state index in [2.05, 4.69) is 5.32 Å². The van der Waals surface area contributed by atoms with E-state index in [1.165, 1.54) is 22.4 Å². The van der Waals surface area contributed by atoms with Gasteiger partial charge in [0, 0.05) is 18.4 Å². The van der Waals surface area contributed by atoms with E-state index in [4.69, 9.17) is 20.6 Å². The average Bonchev–Trinajstić information content (AvgIpc) is 2.82. The first-order valence-corrected chi connectivity index (χ1v) is 11.2. The van der Waals surface area contributed by atoms with Crippen LogP contribution in [0.15, 0.2) is 69.2 Å². The van der Waals surface area contributed by atoms with Crippen LogP contribution in [0, 0.1) is 5.41 Å². The number of nitrogens with two attached hydrogens (primary N) is 1. The number of hydrogen-bond acceptors (Lipinski definition) is 6. The number of nitrogens with one attached hydrogen (secondary N) is 2. The molecule has 0 amide bonds. The van der Waals surface area contributed by atoms with Crippen molar-refractivity contribution < 1.29 is 9.47 Å². The first-order valence-electron chi connectivity index (χ1n) is 10.2. The van der Waals surface area contributed by atoms with E-state index < -0.39 is 5.69 Å². The third-order valence-electron chi connectivity index (χ3n) is 4.91. The van der Waals surface area contributed by atoms with Gasteiger partial charge in [0.05, 0.1) is 32.3 Å². The minimum absolute atomic E-state index is 0.124. The second-order valence-electron chi connectivity index (χ2n) is 7.16. The van der Waals surface area contributed by atoms with Crippen LogP contribution in [0.1, 0.15) is 11.1 Å². The molecule has 3 rings (SSSR count). The van der Waals surface area contributed by atoms with Gasteiger partial charge in [-0.2, -0.15) is 0 Å². The number of guanidine groups is 1. The molecule has 10 heteroatoms. The SMILES string of the molecule is COc1ccc(Cn2c(SCCNC(=N)N)cc(=O)n(Cc3ccc(OC)cc3)c2=O)cc1. The first-order chi connectivity index (χ1) is 15.9. The Morgan fingerprint density at radius 2 is 1.45 bits per heavy atom. The topological polar surface area (TPSA) is 124 Å². The van der Waals surface area contributed by atoms with E-state index >= 15 is 0 Å². The molecule has 1 aromatic heterocycles. The molecule has 0 atom stereocenters. The second-order valence-corrected chi connectivity index (χ2v) is 8.28. The molecular formula is C23H27N5O4S. The molecule has 0 unspecified atom stereocenters. The van der Waals surface area contributed by atoms with Crippen LogP contribution < -0.4 is 31.8 Å². The Morgan fingerprint density at radius 3 is 1.94 bits per heavy atom. The average molecular weight is 470 g/mol. The van der Waals surface area contributed by atoms with Crippen LogP contribution in [-0.4, -0.2) is 41.6 Å². The number of benzene rings is 2. The quantitative estimate of drug-likeness (QED) is 0.136. The van der Waals surface area contributed by atoms with Crippen molar-refractivity contribution >= 4 is 17.7 Å². The maximum absolute atomic E-state index is 13.4. The van der Waals surface area contributed by atoms with Gasteiger partial charge in [-0.1, -0.05) is 24.3 Å². The molecule has 0 saturated carbocycles. The molecule has 3 aromatic rings. The largest absolute Gasteiger partial charge is 0.497 e. The molecule has 33 heavy (non-hydrogen) atoms. The molecule has 0 radical (unpaired) electrons. The molecule has 0 bridgehead atoms. The van der Waals surface area contributed by atoms with E-state index in [0.29, 0.717) is 29.6 Å². The highest BCUT2D eigenvalue weighted by Gasteiger charge is 2.13. The zero-order chi connectivity index (χ0) is 23.8.